The molecular formula is C14H14F3NO3S. The second kappa shape index (κ2) is 6.13. The average molecular weight is 333 g/mol. The fourth-order valence-corrected chi connectivity index (χ4v) is 2.55. The van der Waals surface area contributed by atoms with Crippen LogP contribution in [0.2, 0.25) is 0 Å². The zero-order chi connectivity index (χ0) is 16.4. The molecule has 4 nitrogen and oxygen atoms in total. The molecule has 2 aromatic rings. The number of carbonyl (C=O) groups is 1. The zero-order valence-corrected chi connectivity index (χ0v) is 12.4. The van der Waals surface area contributed by atoms with Crippen LogP contribution in [0, 0.1) is 6.92 Å². The topological polar surface area (TPSA) is 62.5 Å². The molecule has 2 aromatic heterocycles. The Morgan fingerprint density at radius 1 is 1.36 bits per heavy atom. The van der Waals surface area contributed by atoms with Crippen molar-refractivity contribution in [2.45, 2.75) is 25.1 Å². The van der Waals surface area contributed by atoms with Crippen LogP contribution in [0.5, 0.6) is 0 Å². The van der Waals surface area contributed by atoms with Crippen molar-refractivity contribution in [2.24, 2.45) is 0 Å². The number of alkyl halides is 3. The van der Waals surface area contributed by atoms with Gasteiger partial charge in [-0.2, -0.15) is 13.2 Å². The lowest BCUT2D eigenvalue weighted by molar-refractivity contribution is -0.274. The molecule has 8 heteroatoms. The number of nitrogens with one attached hydrogen (secondary N) is 1. The largest absolute Gasteiger partial charge is 0.463 e. The van der Waals surface area contributed by atoms with Crippen LogP contribution in [0.25, 0.3) is 0 Å². The van der Waals surface area contributed by atoms with E-state index in [0.717, 1.165) is 6.07 Å². The first kappa shape index (κ1) is 16.6. The van der Waals surface area contributed by atoms with E-state index in [2.05, 4.69) is 5.32 Å². The molecule has 0 radical (unpaired) electrons. The van der Waals surface area contributed by atoms with Crippen LogP contribution >= 0.6 is 11.3 Å². The summed E-state index contributed by atoms with van der Waals surface area (Å²) in [5, 5.41) is 14.1. The summed E-state index contributed by atoms with van der Waals surface area (Å²) in [6, 6.07) is 5.66. The second-order valence-corrected chi connectivity index (χ2v) is 5.70. The molecule has 0 aromatic carbocycles. The molecule has 2 N–H and O–H groups in total. The van der Waals surface area contributed by atoms with Crippen LogP contribution in [0.4, 0.5) is 13.2 Å². The number of furan rings is 1. The summed E-state index contributed by atoms with van der Waals surface area (Å²) in [6.45, 7) is 1.14. The summed E-state index contributed by atoms with van der Waals surface area (Å²) < 4.78 is 44.5. The summed E-state index contributed by atoms with van der Waals surface area (Å²) >= 11 is 1.18. The highest BCUT2D eigenvalue weighted by atomic mass is 32.1. The van der Waals surface area contributed by atoms with Crippen LogP contribution < -0.4 is 5.32 Å². The minimum atomic E-state index is -4.91. The summed E-state index contributed by atoms with van der Waals surface area (Å²) in [7, 11) is 0. The first-order chi connectivity index (χ1) is 10.2. The first-order valence-electron chi connectivity index (χ1n) is 6.42. The third-order valence-corrected chi connectivity index (χ3v) is 4.00. The lowest BCUT2D eigenvalue weighted by atomic mass is 9.95. The summed E-state index contributed by atoms with van der Waals surface area (Å²) in [6.07, 6.45) is -5.65. The fraction of sp³-hybridized carbons (Fsp3) is 0.357. The Balaban J connectivity index is 2.07. The van der Waals surface area contributed by atoms with E-state index < -0.39 is 29.9 Å². The van der Waals surface area contributed by atoms with Gasteiger partial charge in [-0.15, -0.1) is 11.3 Å². The molecule has 2 rings (SSSR count). The number of hydrogen-bond donors (Lipinski definition) is 2. The van der Waals surface area contributed by atoms with E-state index in [1.165, 1.54) is 24.3 Å². The van der Waals surface area contributed by atoms with Gasteiger partial charge in [0.15, 0.2) is 0 Å². The maximum atomic E-state index is 13.2. The maximum absolute atomic E-state index is 13.2. The number of halogens is 3. The zero-order valence-electron chi connectivity index (χ0n) is 11.6. The minimum absolute atomic E-state index is 0.264. The molecule has 1 atom stereocenters. The molecule has 1 unspecified atom stereocenters. The third-order valence-electron chi connectivity index (χ3n) is 3.13. The summed E-state index contributed by atoms with van der Waals surface area (Å²) in [5.41, 5.74) is -3.13. The van der Waals surface area contributed by atoms with Crippen LogP contribution in [0.3, 0.4) is 0 Å². The Bertz CT molecular complexity index is 636. The van der Waals surface area contributed by atoms with Gasteiger partial charge < -0.3 is 14.8 Å². The minimum Gasteiger partial charge on any atom is -0.463 e. The number of amides is 1. The highest BCUT2D eigenvalue weighted by Gasteiger charge is 2.56. The van der Waals surface area contributed by atoms with E-state index >= 15 is 0 Å². The van der Waals surface area contributed by atoms with Gasteiger partial charge in [0.25, 0.3) is 5.91 Å². The molecule has 0 bridgehead atoms. The SMILES string of the molecule is Cc1ccc(C(O)(CCNC(=O)c2cccs2)C(F)(F)F)o1. The lowest BCUT2D eigenvalue weighted by Crippen LogP contribution is -2.44. The molecule has 0 saturated heterocycles. The molecule has 22 heavy (non-hydrogen) atoms. The van der Waals surface area contributed by atoms with Crippen molar-refractivity contribution in [1.29, 1.82) is 0 Å². The normalized spacial score (nSPS) is 14.6. The summed E-state index contributed by atoms with van der Waals surface area (Å²) in [4.78, 5) is 12.1. The van der Waals surface area contributed by atoms with Crippen molar-refractivity contribution < 1.29 is 27.5 Å². The number of rotatable bonds is 5. The Labute approximate surface area is 128 Å². The van der Waals surface area contributed by atoms with Crippen LogP contribution in [0.1, 0.15) is 27.6 Å². The lowest BCUT2D eigenvalue weighted by Gasteiger charge is -2.28. The highest BCUT2D eigenvalue weighted by molar-refractivity contribution is 7.12. The van der Waals surface area contributed by atoms with Gasteiger partial charge in [0.05, 0.1) is 4.88 Å². The van der Waals surface area contributed by atoms with Gasteiger partial charge in [-0.1, -0.05) is 6.07 Å². The van der Waals surface area contributed by atoms with Crippen molar-refractivity contribution in [2.75, 3.05) is 6.54 Å². The van der Waals surface area contributed by atoms with E-state index in [-0.39, 0.29) is 12.3 Å². The van der Waals surface area contributed by atoms with Gasteiger partial charge >= 0.3 is 6.18 Å². The van der Waals surface area contributed by atoms with Crippen LogP contribution in [-0.4, -0.2) is 23.7 Å². The fourth-order valence-electron chi connectivity index (χ4n) is 1.91. The van der Waals surface area contributed by atoms with E-state index in [9.17, 15) is 23.1 Å². The molecule has 0 aliphatic rings. The van der Waals surface area contributed by atoms with Crippen molar-refractivity contribution in [3.8, 4) is 0 Å². The molecule has 0 aliphatic carbocycles. The molecule has 1 amide bonds. The smallest absolute Gasteiger partial charge is 0.424 e. The predicted octanol–water partition coefficient (Wildman–Crippen LogP) is 3.22. The van der Waals surface area contributed by atoms with Gasteiger partial charge in [-0.25, -0.2) is 0 Å². The highest BCUT2D eigenvalue weighted by Crippen LogP contribution is 2.42. The molecule has 0 spiro atoms. The van der Waals surface area contributed by atoms with Crippen molar-refractivity contribution in [1.82, 2.24) is 5.32 Å². The van der Waals surface area contributed by atoms with Crippen molar-refractivity contribution in [3.05, 3.63) is 46.0 Å². The second-order valence-electron chi connectivity index (χ2n) is 4.75. The van der Waals surface area contributed by atoms with E-state index in [1.807, 2.05) is 0 Å². The van der Waals surface area contributed by atoms with Gasteiger partial charge in [0.2, 0.25) is 5.60 Å². The van der Waals surface area contributed by atoms with E-state index in [0.29, 0.717) is 4.88 Å². The summed E-state index contributed by atoms with van der Waals surface area (Å²) in [5.74, 6) is -0.793. The number of hydrogen-bond acceptors (Lipinski definition) is 4. The molecule has 2 heterocycles. The first-order valence-corrected chi connectivity index (χ1v) is 7.30. The Morgan fingerprint density at radius 2 is 2.09 bits per heavy atom. The Kier molecular flexibility index (Phi) is 4.62. The maximum Gasteiger partial charge on any atom is 0.424 e. The number of carbonyl (C=O) groups excluding carboxylic acids is 1. The van der Waals surface area contributed by atoms with Gasteiger partial charge in [-0.3, -0.25) is 4.79 Å². The van der Waals surface area contributed by atoms with Gasteiger partial charge in [-0.05, 0) is 30.5 Å². The van der Waals surface area contributed by atoms with E-state index in [4.69, 9.17) is 4.42 Å². The predicted molar refractivity (Wildman–Crippen MR) is 74.7 cm³/mol. The van der Waals surface area contributed by atoms with Crippen LogP contribution in [-0.2, 0) is 5.60 Å². The molecule has 0 fully saturated rings. The average Bonchev–Trinajstić information content (AvgIpc) is 3.07. The van der Waals surface area contributed by atoms with Crippen molar-refractivity contribution in [3.63, 3.8) is 0 Å². The Morgan fingerprint density at radius 3 is 2.59 bits per heavy atom. The van der Waals surface area contributed by atoms with Gasteiger partial charge in [0, 0.05) is 13.0 Å². The Hall–Kier alpha value is -1.80. The molecule has 0 saturated carbocycles. The monoisotopic (exact) mass is 333 g/mol. The molecule has 0 aliphatic heterocycles. The van der Waals surface area contributed by atoms with E-state index in [1.54, 1.807) is 17.5 Å². The van der Waals surface area contributed by atoms with Crippen molar-refractivity contribution >= 4 is 17.2 Å². The van der Waals surface area contributed by atoms with Crippen LogP contribution in [0.15, 0.2) is 34.1 Å². The quantitative estimate of drug-likeness (QED) is 0.883. The third kappa shape index (κ3) is 3.33. The molecule has 120 valence electrons. The number of aliphatic hydroxyl groups is 1. The number of thiophene rings is 1. The standard InChI is InChI=1S/C14H14F3NO3S/c1-9-4-5-11(21-9)13(20,14(15,16)17)6-7-18-12(19)10-3-2-8-22-10/h2-5,8,20H,6-7H2,1H3,(H,18,19). The number of aryl methyl sites for hydroxylation is 1. The van der Waals surface area contributed by atoms with Gasteiger partial charge in [0.1, 0.15) is 11.5 Å². The molecular weight excluding hydrogens is 319 g/mol.